The van der Waals surface area contributed by atoms with Crippen LogP contribution in [0.5, 0.6) is 5.75 Å². The number of esters is 3. The Bertz CT molecular complexity index is 2090. The van der Waals surface area contributed by atoms with E-state index in [9.17, 15) is 28.8 Å². The number of alkyl carbamates (subject to hydrolysis) is 2. The number of benzene rings is 3. The third-order valence-corrected chi connectivity index (χ3v) is 7.61. The molecule has 16 nitrogen and oxygen atoms in total. The summed E-state index contributed by atoms with van der Waals surface area (Å²) in [6.07, 6.45) is -1.74. The van der Waals surface area contributed by atoms with E-state index in [0.29, 0.717) is 5.56 Å². The van der Waals surface area contributed by atoms with Gasteiger partial charge in [-0.15, -0.1) is 0 Å². The molecule has 3 rings (SSSR count). The van der Waals surface area contributed by atoms with E-state index in [1.165, 1.54) is 59.3 Å². The van der Waals surface area contributed by atoms with Crippen molar-refractivity contribution in [1.82, 2.24) is 15.5 Å². The molecule has 0 atom stereocenters. The monoisotopic (exact) mass is 865 g/mol. The molecule has 0 fully saturated rings. The summed E-state index contributed by atoms with van der Waals surface area (Å²) in [5.74, 6) is -2.15. The SMILES string of the molecule is CN(C(=O)N(CC(=O)OC(C)(C)C)Cc1cccc(C(=O)OC(C)(C)C)c1)c1ccc(OC(=O)c2ccc(N=C(NC(=O)OC(C)(C)C)NC(=O)OC(C)(C)C)cc2)cc1Cl. The first-order valence-electron chi connectivity index (χ1n) is 19.2. The van der Waals surface area contributed by atoms with E-state index in [1.54, 1.807) is 107 Å². The maximum Gasteiger partial charge on any atom is 0.414 e. The molecule has 0 bridgehead atoms. The van der Waals surface area contributed by atoms with Crippen LogP contribution in [0.4, 0.5) is 25.8 Å². The molecular formula is C44H56ClN5O11. The van der Waals surface area contributed by atoms with Crippen molar-refractivity contribution in [3.05, 3.63) is 88.4 Å². The second-order valence-electron chi connectivity index (χ2n) is 17.8. The summed E-state index contributed by atoms with van der Waals surface area (Å²) >= 11 is 6.64. The lowest BCUT2D eigenvalue weighted by Gasteiger charge is -2.29. The minimum atomic E-state index is -0.872. The average molecular weight is 866 g/mol. The molecule has 3 aromatic rings. The summed E-state index contributed by atoms with van der Waals surface area (Å²) in [6, 6.07) is 16.0. The van der Waals surface area contributed by atoms with Crippen molar-refractivity contribution in [2.24, 2.45) is 4.99 Å². The molecule has 0 aromatic heterocycles. The number of carbonyl (C=O) groups is 6. The van der Waals surface area contributed by atoms with Gasteiger partial charge in [0, 0.05) is 19.7 Å². The number of guanidine groups is 1. The van der Waals surface area contributed by atoms with Crippen molar-refractivity contribution in [3.63, 3.8) is 0 Å². The second-order valence-corrected chi connectivity index (χ2v) is 18.2. The van der Waals surface area contributed by atoms with E-state index in [-0.39, 0.29) is 45.8 Å². The summed E-state index contributed by atoms with van der Waals surface area (Å²) < 4.78 is 27.1. The third-order valence-electron chi connectivity index (χ3n) is 7.31. The predicted octanol–water partition coefficient (Wildman–Crippen LogP) is 8.95. The van der Waals surface area contributed by atoms with Crippen LogP contribution in [-0.2, 0) is 30.3 Å². The Kier molecular flexibility index (Phi) is 16.1. The Morgan fingerprint density at radius 1 is 0.639 bits per heavy atom. The Balaban J connectivity index is 1.80. The second kappa shape index (κ2) is 19.9. The molecule has 3 aromatic carbocycles. The van der Waals surface area contributed by atoms with Crippen molar-refractivity contribution in [3.8, 4) is 5.75 Å². The summed E-state index contributed by atoms with van der Waals surface area (Å²) in [5.41, 5.74) is -1.75. The maximum atomic E-state index is 14.0. The van der Waals surface area contributed by atoms with E-state index in [2.05, 4.69) is 15.6 Å². The lowest BCUT2D eigenvalue weighted by atomic mass is 10.1. The number of halogens is 1. The molecular weight excluding hydrogens is 810 g/mol. The number of rotatable bonds is 9. The van der Waals surface area contributed by atoms with Gasteiger partial charge in [0.2, 0.25) is 5.96 Å². The summed E-state index contributed by atoms with van der Waals surface area (Å²) in [7, 11) is 1.47. The van der Waals surface area contributed by atoms with Gasteiger partial charge in [0.25, 0.3) is 0 Å². The fourth-order valence-corrected chi connectivity index (χ4v) is 5.37. The molecule has 17 heteroatoms. The largest absolute Gasteiger partial charge is 0.459 e. The van der Waals surface area contributed by atoms with E-state index in [0.717, 1.165) is 0 Å². The van der Waals surface area contributed by atoms with Gasteiger partial charge in [-0.05, 0) is 137 Å². The molecule has 0 saturated carbocycles. The van der Waals surface area contributed by atoms with Crippen LogP contribution in [0.1, 0.15) is 109 Å². The standard InChI is InChI=1S/C44H56ClN5O11/c1-41(2,3)58-34(51)26-50(25-27-15-14-16-29(23-27)36(53)59-42(4,5)6)40(56)49(13)33-22-21-31(24-32(33)45)57-35(52)28-17-19-30(20-18-28)46-37(47-38(54)60-43(7,8)9)48-39(55)61-44(10,11)12/h14-24H,25-26H2,1-13H3,(H2,46,47,48,54,55). The molecule has 0 heterocycles. The zero-order chi connectivity index (χ0) is 46.1. The van der Waals surface area contributed by atoms with Gasteiger partial charge in [-0.2, -0.15) is 0 Å². The van der Waals surface area contributed by atoms with E-state index >= 15 is 0 Å². The highest BCUT2D eigenvalue weighted by atomic mass is 35.5. The molecule has 61 heavy (non-hydrogen) atoms. The van der Waals surface area contributed by atoms with E-state index in [4.69, 9.17) is 35.3 Å². The van der Waals surface area contributed by atoms with E-state index < -0.39 is 65.1 Å². The molecule has 0 spiro atoms. The van der Waals surface area contributed by atoms with Gasteiger partial charge in [-0.3, -0.25) is 20.3 Å². The van der Waals surface area contributed by atoms with Crippen LogP contribution in [0, 0.1) is 0 Å². The molecule has 0 radical (unpaired) electrons. The number of urea groups is 1. The number of amides is 4. The predicted molar refractivity (Wildman–Crippen MR) is 230 cm³/mol. The minimum absolute atomic E-state index is 0.0532. The maximum absolute atomic E-state index is 14.0. The van der Waals surface area contributed by atoms with Crippen molar-refractivity contribution in [1.29, 1.82) is 0 Å². The number of ether oxygens (including phenoxy) is 5. The lowest BCUT2D eigenvalue weighted by molar-refractivity contribution is -0.155. The van der Waals surface area contributed by atoms with Gasteiger partial charge in [-0.1, -0.05) is 23.7 Å². The zero-order valence-corrected chi connectivity index (χ0v) is 37.7. The van der Waals surface area contributed by atoms with Crippen molar-refractivity contribution >= 4 is 65.1 Å². The van der Waals surface area contributed by atoms with Crippen molar-refractivity contribution in [2.45, 2.75) is 112 Å². The number of hydrogen-bond donors (Lipinski definition) is 2. The molecule has 0 aliphatic carbocycles. The lowest BCUT2D eigenvalue weighted by Crippen LogP contribution is -2.47. The number of hydrogen-bond acceptors (Lipinski definition) is 12. The fraction of sp³-hybridized carbons (Fsp3) is 0.432. The third kappa shape index (κ3) is 17.5. The fourth-order valence-electron chi connectivity index (χ4n) is 5.07. The molecule has 0 aliphatic heterocycles. The van der Waals surface area contributed by atoms with Crippen LogP contribution >= 0.6 is 11.6 Å². The van der Waals surface area contributed by atoms with Crippen molar-refractivity contribution in [2.75, 3.05) is 18.5 Å². The number of aliphatic imine (C=N–C) groups is 1. The smallest absolute Gasteiger partial charge is 0.414 e. The molecule has 330 valence electrons. The Labute approximate surface area is 361 Å². The van der Waals surface area contributed by atoms with E-state index in [1.807, 2.05) is 0 Å². The zero-order valence-electron chi connectivity index (χ0n) is 37.0. The molecule has 4 amide bonds. The first kappa shape index (κ1) is 49.2. The summed E-state index contributed by atoms with van der Waals surface area (Å²) in [6.45, 7) is 20.0. The van der Waals surface area contributed by atoms with Crippen LogP contribution in [-0.4, -0.2) is 83.0 Å². The van der Waals surface area contributed by atoms with Gasteiger partial charge in [0.1, 0.15) is 34.7 Å². The topological polar surface area (TPSA) is 191 Å². The number of anilines is 1. The highest BCUT2D eigenvalue weighted by molar-refractivity contribution is 6.34. The van der Waals surface area contributed by atoms with Gasteiger partial charge < -0.3 is 28.6 Å². The van der Waals surface area contributed by atoms with Gasteiger partial charge >= 0.3 is 36.1 Å². The van der Waals surface area contributed by atoms with Crippen LogP contribution in [0.15, 0.2) is 71.7 Å². The van der Waals surface area contributed by atoms with Crippen molar-refractivity contribution < 1.29 is 52.5 Å². The molecule has 0 unspecified atom stereocenters. The van der Waals surface area contributed by atoms with Gasteiger partial charge in [0.15, 0.2) is 0 Å². The Hall–Kier alpha value is -6.16. The summed E-state index contributed by atoms with van der Waals surface area (Å²) in [4.78, 5) is 84.6. The Morgan fingerprint density at radius 3 is 1.69 bits per heavy atom. The van der Waals surface area contributed by atoms with Gasteiger partial charge in [0.05, 0.1) is 27.5 Å². The van der Waals surface area contributed by atoms with Crippen LogP contribution in [0.25, 0.3) is 0 Å². The number of nitrogens with zero attached hydrogens (tertiary/aromatic N) is 3. The van der Waals surface area contributed by atoms with Crippen LogP contribution < -0.4 is 20.3 Å². The van der Waals surface area contributed by atoms with Crippen LogP contribution in [0.2, 0.25) is 5.02 Å². The highest BCUT2D eigenvalue weighted by Crippen LogP contribution is 2.31. The molecule has 0 saturated heterocycles. The number of nitrogens with one attached hydrogen (secondary N) is 2. The quantitative estimate of drug-likeness (QED) is 0.0686. The highest BCUT2D eigenvalue weighted by Gasteiger charge is 2.28. The summed E-state index contributed by atoms with van der Waals surface area (Å²) in [5, 5.41) is 4.83. The Morgan fingerprint density at radius 2 is 1.18 bits per heavy atom. The number of carbonyl (C=O) groups excluding carboxylic acids is 6. The average Bonchev–Trinajstić information content (AvgIpc) is 3.08. The first-order chi connectivity index (χ1) is 28.0. The minimum Gasteiger partial charge on any atom is -0.459 e. The van der Waals surface area contributed by atoms with Gasteiger partial charge in [-0.25, -0.2) is 29.0 Å². The van der Waals surface area contributed by atoms with Crippen LogP contribution in [0.3, 0.4) is 0 Å². The molecule has 0 aliphatic rings. The normalized spacial score (nSPS) is 11.6. The first-order valence-corrected chi connectivity index (χ1v) is 19.6. The molecule has 2 N–H and O–H groups in total.